The second-order valence-corrected chi connectivity index (χ2v) is 7.97. The van der Waals surface area contributed by atoms with Crippen molar-refractivity contribution in [1.29, 1.82) is 0 Å². The lowest BCUT2D eigenvalue weighted by atomic mass is 9.68. The summed E-state index contributed by atoms with van der Waals surface area (Å²) in [6.45, 7) is 1.14. The van der Waals surface area contributed by atoms with Crippen molar-refractivity contribution >= 4 is 21.6 Å². The minimum absolute atomic E-state index is 0.0380. The van der Waals surface area contributed by atoms with Crippen molar-refractivity contribution in [2.45, 2.75) is 23.5 Å². The van der Waals surface area contributed by atoms with Crippen molar-refractivity contribution in [1.82, 2.24) is 4.72 Å². The van der Waals surface area contributed by atoms with Crippen LogP contribution in [0.4, 0.5) is 0 Å². The van der Waals surface area contributed by atoms with E-state index in [4.69, 9.17) is 25.8 Å². The van der Waals surface area contributed by atoms with E-state index >= 15 is 0 Å². The quantitative estimate of drug-likeness (QED) is 0.834. The van der Waals surface area contributed by atoms with Crippen molar-refractivity contribution < 1.29 is 22.6 Å². The molecule has 2 aliphatic rings. The molecule has 4 atom stereocenters. The maximum absolute atomic E-state index is 12.6. The summed E-state index contributed by atoms with van der Waals surface area (Å²) in [6.07, 6.45) is 0.948. The lowest BCUT2D eigenvalue weighted by molar-refractivity contribution is -0.0775. The van der Waals surface area contributed by atoms with Crippen LogP contribution < -0.4 is 9.46 Å². The van der Waals surface area contributed by atoms with Gasteiger partial charge >= 0.3 is 0 Å². The third-order valence-corrected chi connectivity index (χ3v) is 6.36. The number of methoxy groups -OCH3 is 2. The summed E-state index contributed by atoms with van der Waals surface area (Å²) in [5, 5.41) is 0.263. The predicted octanol–water partition coefficient (Wildman–Crippen LogP) is 1.68. The van der Waals surface area contributed by atoms with E-state index in [-0.39, 0.29) is 33.9 Å². The van der Waals surface area contributed by atoms with Crippen molar-refractivity contribution in [2.75, 3.05) is 27.4 Å². The maximum Gasteiger partial charge on any atom is 0.240 e. The zero-order valence-electron chi connectivity index (χ0n) is 13.0. The van der Waals surface area contributed by atoms with Crippen molar-refractivity contribution in [3.63, 3.8) is 0 Å². The summed E-state index contributed by atoms with van der Waals surface area (Å²) < 4.78 is 44.0. The van der Waals surface area contributed by atoms with Crippen LogP contribution in [-0.2, 0) is 19.5 Å². The van der Waals surface area contributed by atoms with Crippen molar-refractivity contribution in [3.8, 4) is 5.75 Å². The van der Waals surface area contributed by atoms with Crippen LogP contribution in [-0.4, -0.2) is 48.0 Å². The molecule has 8 heteroatoms. The molecular weight excluding hydrogens is 342 g/mol. The highest BCUT2D eigenvalue weighted by atomic mass is 35.5. The van der Waals surface area contributed by atoms with Gasteiger partial charge in [-0.1, -0.05) is 11.6 Å². The fraction of sp³-hybridized carbons (Fsp3) is 0.600. The topological polar surface area (TPSA) is 73.9 Å². The Labute approximate surface area is 141 Å². The largest absolute Gasteiger partial charge is 0.495 e. The van der Waals surface area contributed by atoms with Gasteiger partial charge in [-0.05, 0) is 24.6 Å². The first kappa shape index (κ1) is 17.0. The molecule has 128 valence electrons. The molecule has 0 bridgehead atoms. The highest BCUT2D eigenvalue weighted by Gasteiger charge is 2.54. The molecule has 1 saturated carbocycles. The third kappa shape index (κ3) is 3.08. The molecule has 1 aliphatic heterocycles. The third-order valence-electron chi connectivity index (χ3n) is 4.61. The van der Waals surface area contributed by atoms with Gasteiger partial charge in [0.25, 0.3) is 0 Å². The molecule has 1 heterocycles. The Balaban J connectivity index is 1.79. The lowest BCUT2D eigenvalue weighted by Gasteiger charge is -2.47. The van der Waals surface area contributed by atoms with Gasteiger partial charge in [-0.3, -0.25) is 0 Å². The average molecular weight is 362 g/mol. The van der Waals surface area contributed by atoms with Gasteiger partial charge in [0.1, 0.15) is 5.75 Å². The molecule has 0 aromatic heterocycles. The normalized spacial score (nSPS) is 29.9. The van der Waals surface area contributed by atoms with Gasteiger partial charge in [-0.2, -0.15) is 0 Å². The Morgan fingerprint density at radius 2 is 2.17 bits per heavy atom. The molecule has 0 spiro atoms. The first-order valence-corrected chi connectivity index (χ1v) is 9.30. The Hall–Kier alpha value is -0.860. The fourth-order valence-electron chi connectivity index (χ4n) is 3.46. The first-order valence-electron chi connectivity index (χ1n) is 7.44. The van der Waals surface area contributed by atoms with Gasteiger partial charge in [0, 0.05) is 31.6 Å². The zero-order chi connectivity index (χ0) is 16.6. The number of sulfonamides is 1. The summed E-state index contributed by atoms with van der Waals surface area (Å²) in [4.78, 5) is 0.127. The van der Waals surface area contributed by atoms with Crippen LogP contribution in [0.3, 0.4) is 0 Å². The van der Waals surface area contributed by atoms with E-state index < -0.39 is 10.0 Å². The minimum Gasteiger partial charge on any atom is -0.495 e. The van der Waals surface area contributed by atoms with Crippen LogP contribution in [0.5, 0.6) is 5.75 Å². The van der Waals surface area contributed by atoms with E-state index in [9.17, 15) is 8.42 Å². The van der Waals surface area contributed by atoms with E-state index in [1.807, 2.05) is 0 Å². The molecule has 6 nitrogen and oxygen atoms in total. The number of hydrogen-bond donors (Lipinski definition) is 1. The van der Waals surface area contributed by atoms with E-state index in [0.29, 0.717) is 19.0 Å². The molecule has 2 fully saturated rings. The van der Waals surface area contributed by atoms with E-state index in [0.717, 1.165) is 6.42 Å². The second kappa shape index (κ2) is 6.57. The molecule has 1 N–H and O–H groups in total. The monoisotopic (exact) mass is 361 g/mol. The number of nitrogens with one attached hydrogen (secondary N) is 1. The lowest BCUT2D eigenvalue weighted by Crippen LogP contribution is -2.62. The summed E-state index contributed by atoms with van der Waals surface area (Å²) >= 11 is 6.03. The summed E-state index contributed by atoms with van der Waals surface area (Å²) in [7, 11) is -0.567. The SMILES string of the molecule is COC[C@@H]1[C@H](NS(=O)(=O)c2ccc(OC)c(Cl)c2)[C@H]2CCO[C@H]21. The molecule has 0 amide bonds. The highest BCUT2D eigenvalue weighted by molar-refractivity contribution is 7.89. The summed E-state index contributed by atoms with van der Waals surface area (Å²) in [6, 6.07) is 4.26. The molecule has 1 aromatic carbocycles. The second-order valence-electron chi connectivity index (χ2n) is 5.85. The average Bonchev–Trinajstić information content (AvgIpc) is 2.95. The van der Waals surface area contributed by atoms with Gasteiger partial charge in [-0.15, -0.1) is 0 Å². The Kier molecular flexibility index (Phi) is 4.85. The molecule has 1 aliphatic carbocycles. The van der Waals surface area contributed by atoms with Gasteiger partial charge in [-0.25, -0.2) is 13.1 Å². The highest BCUT2D eigenvalue weighted by Crippen LogP contribution is 2.44. The molecule has 3 rings (SSSR count). The molecule has 0 radical (unpaired) electrons. The van der Waals surface area contributed by atoms with Gasteiger partial charge in [0.05, 0.1) is 29.7 Å². The number of ether oxygens (including phenoxy) is 3. The Bertz CT molecular complexity index is 680. The van der Waals surface area contributed by atoms with Gasteiger partial charge in [0.15, 0.2) is 0 Å². The van der Waals surface area contributed by atoms with Crippen LogP contribution in [0.15, 0.2) is 23.1 Å². The van der Waals surface area contributed by atoms with Crippen LogP contribution in [0, 0.1) is 11.8 Å². The summed E-state index contributed by atoms with van der Waals surface area (Å²) in [5.74, 6) is 0.686. The zero-order valence-corrected chi connectivity index (χ0v) is 14.6. The smallest absolute Gasteiger partial charge is 0.240 e. The molecule has 1 saturated heterocycles. The number of halogens is 1. The Morgan fingerprint density at radius 3 is 2.83 bits per heavy atom. The predicted molar refractivity (Wildman–Crippen MR) is 85.3 cm³/mol. The molecular formula is C15H20ClNO5S. The molecule has 0 unspecified atom stereocenters. The van der Waals surface area contributed by atoms with Crippen LogP contribution >= 0.6 is 11.6 Å². The summed E-state index contributed by atoms with van der Waals surface area (Å²) in [5.41, 5.74) is 0. The van der Waals surface area contributed by atoms with Crippen LogP contribution in [0.2, 0.25) is 5.02 Å². The minimum atomic E-state index is -3.66. The van der Waals surface area contributed by atoms with Crippen LogP contribution in [0.25, 0.3) is 0 Å². The van der Waals surface area contributed by atoms with Crippen LogP contribution in [0.1, 0.15) is 6.42 Å². The van der Waals surface area contributed by atoms with E-state index in [2.05, 4.69) is 4.72 Å². The number of rotatable bonds is 6. The maximum atomic E-state index is 12.6. The number of hydrogen-bond acceptors (Lipinski definition) is 5. The van der Waals surface area contributed by atoms with E-state index in [1.165, 1.54) is 19.2 Å². The fourth-order valence-corrected chi connectivity index (χ4v) is 5.14. The van der Waals surface area contributed by atoms with Crippen molar-refractivity contribution in [3.05, 3.63) is 23.2 Å². The first-order chi connectivity index (χ1) is 11.0. The van der Waals surface area contributed by atoms with Gasteiger partial charge < -0.3 is 14.2 Å². The van der Waals surface area contributed by atoms with Gasteiger partial charge in [0.2, 0.25) is 10.0 Å². The molecule has 23 heavy (non-hydrogen) atoms. The van der Waals surface area contributed by atoms with Crippen molar-refractivity contribution in [2.24, 2.45) is 11.8 Å². The number of benzene rings is 1. The number of fused-ring (bicyclic) bond motifs is 1. The van der Waals surface area contributed by atoms with E-state index in [1.54, 1.807) is 13.2 Å². The Morgan fingerprint density at radius 1 is 1.39 bits per heavy atom. The molecule has 1 aromatic rings. The standard InChI is InChI=1S/C15H20ClNO5S/c1-20-8-11-14(10-5-6-22-15(10)11)17-23(18,19)9-3-4-13(21-2)12(16)7-9/h3-4,7,10-11,14-15,17H,5-6,8H2,1-2H3/t10-,11-,14-,15-/m1/s1.